The van der Waals surface area contributed by atoms with Gasteiger partial charge in [0.25, 0.3) is 11.6 Å². The van der Waals surface area contributed by atoms with Crippen molar-refractivity contribution < 1.29 is 9.72 Å². The zero-order chi connectivity index (χ0) is 14.3. The lowest BCUT2D eigenvalue weighted by molar-refractivity contribution is -0.384. The number of rotatable bonds is 3. The Morgan fingerprint density at radius 2 is 2.15 bits per heavy atom. The molecule has 2 aliphatic rings. The van der Waals surface area contributed by atoms with Crippen LogP contribution in [0.2, 0.25) is 5.02 Å². The van der Waals surface area contributed by atoms with Crippen LogP contribution in [-0.2, 0) is 0 Å². The Bertz CT molecular complexity index is 576. The van der Waals surface area contributed by atoms with Crippen LogP contribution in [0.15, 0.2) is 18.2 Å². The van der Waals surface area contributed by atoms with Gasteiger partial charge in [-0.1, -0.05) is 18.0 Å². The van der Waals surface area contributed by atoms with Crippen LogP contribution in [0.4, 0.5) is 5.69 Å². The van der Waals surface area contributed by atoms with E-state index < -0.39 is 4.92 Å². The van der Waals surface area contributed by atoms with Gasteiger partial charge in [0.2, 0.25) is 0 Å². The van der Waals surface area contributed by atoms with Crippen molar-refractivity contribution in [3.05, 3.63) is 38.9 Å². The molecule has 2 bridgehead atoms. The highest BCUT2D eigenvalue weighted by Gasteiger charge is 2.40. The molecule has 0 saturated heterocycles. The second kappa shape index (κ2) is 5.05. The lowest BCUT2D eigenvalue weighted by Crippen LogP contribution is -2.38. The molecular weight excluding hydrogens is 280 g/mol. The fourth-order valence-electron chi connectivity index (χ4n) is 3.47. The van der Waals surface area contributed by atoms with E-state index in [9.17, 15) is 14.9 Å². The first-order valence-electron chi connectivity index (χ1n) is 6.79. The van der Waals surface area contributed by atoms with Crippen LogP contribution in [0.3, 0.4) is 0 Å². The van der Waals surface area contributed by atoms with Gasteiger partial charge in [-0.25, -0.2) is 0 Å². The van der Waals surface area contributed by atoms with E-state index in [0.717, 1.165) is 18.8 Å². The van der Waals surface area contributed by atoms with Gasteiger partial charge < -0.3 is 5.32 Å². The topological polar surface area (TPSA) is 72.2 Å². The quantitative estimate of drug-likeness (QED) is 0.687. The first-order chi connectivity index (χ1) is 9.54. The minimum absolute atomic E-state index is 0.118. The lowest BCUT2D eigenvalue weighted by atomic mass is 9.95. The molecule has 0 spiro atoms. The van der Waals surface area contributed by atoms with Crippen LogP contribution >= 0.6 is 11.6 Å². The third-order valence-electron chi connectivity index (χ3n) is 4.46. The number of nitrogens with zero attached hydrogens (tertiary/aromatic N) is 1. The van der Waals surface area contributed by atoms with E-state index in [0.29, 0.717) is 5.92 Å². The first kappa shape index (κ1) is 13.4. The first-order valence-corrected chi connectivity index (χ1v) is 7.17. The van der Waals surface area contributed by atoms with Crippen molar-refractivity contribution >= 4 is 23.2 Å². The van der Waals surface area contributed by atoms with Crippen molar-refractivity contribution in [2.24, 2.45) is 11.8 Å². The normalized spacial score (nSPS) is 27.6. The largest absolute Gasteiger partial charge is 0.349 e. The van der Waals surface area contributed by atoms with E-state index >= 15 is 0 Å². The van der Waals surface area contributed by atoms with Gasteiger partial charge in [-0.15, -0.1) is 0 Å². The molecule has 0 aromatic heterocycles. The van der Waals surface area contributed by atoms with Crippen molar-refractivity contribution in [1.29, 1.82) is 0 Å². The minimum Gasteiger partial charge on any atom is -0.349 e. The SMILES string of the molecule is O=C(N[C@H]1C[C@H]2CC[C@H]1C2)c1cc([N+](=O)[O-])ccc1Cl. The van der Waals surface area contributed by atoms with Crippen molar-refractivity contribution in [2.75, 3.05) is 0 Å². The lowest BCUT2D eigenvalue weighted by Gasteiger charge is -2.23. The van der Waals surface area contributed by atoms with Gasteiger partial charge in [0.15, 0.2) is 0 Å². The third kappa shape index (κ3) is 2.38. The summed E-state index contributed by atoms with van der Waals surface area (Å²) in [4.78, 5) is 22.5. The van der Waals surface area contributed by atoms with E-state index in [1.54, 1.807) is 0 Å². The average Bonchev–Trinajstić information content (AvgIpc) is 3.01. The van der Waals surface area contributed by atoms with E-state index in [1.165, 1.54) is 31.0 Å². The number of carbonyl (C=O) groups is 1. The predicted octanol–water partition coefficient (Wildman–Crippen LogP) is 3.17. The molecule has 0 aliphatic heterocycles. The zero-order valence-electron chi connectivity index (χ0n) is 10.8. The summed E-state index contributed by atoms with van der Waals surface area (Å²) in [5.74, 6) is 0.976. The highest BCUT2D eigenvalue weighted by Crippen LogP contribution is 2.44. The molecule has 2 fully saturated rings. The van der Waals surface area contributed by atoms with E-state index in [1.807, 2.05) is 0 Å². The van der Waals surface area contributed by atoms with E-state index in [-0.39, 0.29) is 28.2 Å². The Hall–Kier alpha value is -1.62. The predicted molar refractivity (Wildman–Crippen MR) is 74.8 cm³/mol. The van der Waals surface area contributed by atoms with Crippen molar-refractivity contribution in [3.63, 3.8) is 0 Å². The van der Waals surface area contributed by atoms with Crippen LogP contribution in [-0.4, -0.2) is 16.9 Å². The summed E-state index contributed by atoms with van der Waals surface area (Å²) < 4.78 is 0. The highest BCUT2D eigenvalue weighted by molar-refractivity contribution is 6.33. The second-order valence-electron chi connectivity index (χ2n) is 5.68. The summed E-state index contributed by atoms with van der Waals surface area (Å²) in [5.41, 5.74) is 0.0659. The fourth-order valence-corrected chi connectivity index (χ4v) is 3.67. The average molecular weight is 295 g/mol. The molecule has 0 heterocycles. The zero-order valence-corrected chi connectivity index (χ0v) is 11.6. The molecule has 3 rings (SSSR count). The number of halogens is 1. The Balaban J connectivity index is 1.76. The molecule has 6 heteroatoms. The summed E-state index contributed by atoms with van der Waals surface area (Å²) in [6.07, 6.45) is 4.63. The minimum atomic E-state index is -0.523. The number of hydrogen-bond acceptors (Lipinski definition) is 3. The third-order valence-corrected chi connectivity index (χ3v) is 4.79. The van der Waals surface area contributed by atoms with Crippen LogP contribution in [0.1, 0.15) is 36.0 Å². The number of hydrogen-bond donors (Lipinski definition) is 1. The molecule has 2 aliphatic carbocycles. The molecular formula is C14H15ClN2O3. The highest BCUT2D eigenvalue weighted by atomic mass is 35.5. The standard InChI is InChI=1S/C14H15ClN2O3/c15-12-4-3-10(17(19)20)7-11(12)14(18)16-13-6-8-1-2-9(13)5-8/h3-4,7-9,13H,1-2,5-6H2,(H,16,18)/t8-,9-,13-/m0/s1. The maximum atomic E-state index is 12.3. The second-order valence-corrected chi connectivity index (χ2v) is 6.08. The van der Waals surface area contributed by atoms with Gasteiger partial charge in [-0.3, -0.25) is 14.9 Å². The Morgan fingerprint density at radius 3 is 2.75 bits per heavy atom. The number of nitro benzene ring substituents is 1. The van der Waals surface area contributed by atoms with E-state index in [2.05, 4.69) is 5.32 Å². The van der Waals surface area contributed by atoms with Crippen molar-refractivity contribution in [2.45, 2.75) is 31.7 Å². The molecule has 0 radical (unpaired) electrons. The summed E-state index contributed by atoms with van der Waals surface area (Å²) in [6.45, 7) is 0. The molecule has 5 nitrogen and oxygen atoms in total. The summed E-state index contributed by atoms with van der Waals surface area (Å²) in [6, 6.07) is 4.13. The van der Waals surface area contributed by atoms with Crippen LogP contribution in [0.5, 0.6) is 0 Å². The number of fused-ring (bicyclic) bond motifs is 2. The molecule has 1 amide bonds. The van der Waals surface area contributed by atoms with Crippen molar-refractivity contribution in [3.8, 4) is 0 Å². The van der Waals surface area contributed by atoms with Crippen LogP contribution < -0.4 is 5.32 Å². The molecule has 1 aromatic rings. The summed E-state index contributed by atoms with van der Waals surface area (Å²) >= 11 is 5.98. The Labute approximate surface area is 121 Å². The number of non-ortho nitro benzene ring substituents is 1. The van der Waals surface area contributed by atoms with Gasteiger partial charge in [0.1, 0.15) is 0 Å². The molecule has 20 heavy (non-hydrogen) atoms. The van der Waals surface area contributed by atoms with Crippen LogP contribution in [0.25, 0.3) is 0 Å². The van der Waals surface area contributed by atoms with Gasteiger partial charge in [0, 0.05) is 18.2 Å². The van der Waals surface area contributed by atoms with Gasteiger partial charge in [-0.05, 0) is 37.2 Å². The maximum absolute atomic E-state index is 12.3. The molecule has 2 saturated carbocycles. The molecule has 1 N–H and O–H groups in total. The molecule has 1 aromatic carbocycles. The van der Waals surface area contributed by atoms with Gasteiger partial charge >= 0.3 is 0 Å². The van der Waals surface area contributed by atoms with Gasteiger partial charge in [-0.2, -0.15) is 0 Å². The van der Waals surface area contributed by atoms with Crippen LogP contribution in [0, 0.1) is 22.0 Å². The number of carbonyl (C=O) groups excluding carboxylic acids is 1. The fraction of sp³-hybridized carbons (Fsp3) is 0.500. The monoisotopic (exact) mass is 294 g/mol. The number of benzene rings is 1. The van der Waals surface area contributed by atoms with Gasteiger partial charge in [0.05, 0.1) is 15.5 Å². The number of nitro groups is 1. The molecule has 106 valence electrons. The maximum Gasteiger partial charge on any atom is 0.270 e. The summed E-state index contributed by atoms with van der Waals surface area (Å²) in [7, 11) is 0. The summed E-state index contributed by atoms with van der Waals surface area (Å²) in [5, 5.41) is 14.0. The van der Waals surface area contributed by atoms with Crippen molar-refractivity contribution in [1.82, 2.24) is 5.32 Å². The van der Waals surface area contributed by atoms with E-state index in [4.69, 9.17) is 11.6 Å². The Morgan fingerprint density at radius 1 is 1.35 bits per heavy atom. The molecule has 0 unspecified atom stereocenters. The smallest absolute Gasteiger partial charge is 0.270 e. The Kier molecular flexibility index (Phi) is 3.38. The number of amides is 1. The molecule has 3 atom stereocenters. The number of nitrogens with one attached hydrogen (secondary N) is 1.